The van der Waals surface area contributed by atoms with Crippen molar-refractivity contribution in [1.82, 2.24) is 5.32 Å². The fraction of sp³-hybridized carbons (Fsp3) is 0.538. The second kappa shape index (κ2) is 7.01. The maximum atomic E-state index is 11.2. The monoisotopic (exact) mass is 239 g/mol. The zero-order chi connectivity index (χ0) is 13.5. The van der Waals surface area contributed by atoms with Gasteiger partial charge in [-0.1, -0.05) is 13.2 Å². The molecule has 0 aliphatic rings. The Morgan fingerprint density at radius 1 is 1.35 bits per heavy atom. The van der Waals surface area contributed by atoms with Crippen molar-refractivity contribution in [2.24, 2.45) is 0 Å². The highest BCUT2D eigenvalue weighted by Gasteiger charge is 2.17. The van der Waals surface area contributed by atoms with E-state index in [9.17, 15) is 9.59 Å². The van der Waals surface area contributed by atoms with Gasteiger partial charge in [0.2, 0.25) is 11.7 Å². The zero-order valence-electron chi connectivity index (χ0n) is 11.1. The highest BCUT2D eigenvalue weighted by atomic mass is 16.1. The Balaban J connectivity index is 3.87. The van der Waals surface area contributed by atoms with Crippen LogP contribution in [-0.2, 0) is 9.59 Å². The van der Waals surface area contributed by atoms with Crippen LogP contribution < -0.4 is 5.32 Å². The minimum atomic E-state index is -0.113. The Morgan fingerprint density at radius 3 is 2.41 bits per heavy atom. The number of quaternary nitrogens is 1. The molecule has 0 aliphatic heterocycles. The third-order valence-corrected chi connectivity index (χ3v) is 2.42. The van der Waals surface area contributed by atoms with E-state index in [1.807, 2.05) is 14.1 Å². The second-order valence-corrected chi connectivity index (χ2v) is 4.88. The standard InChI is InChI=1S/C13H22N2O2/c1-6-12(16)10-15(4,5)9-7-8-14-13(17)11(2)3/h6H,1-2,7-10H2,3-5H3/p+1. The van der Waals surface area contributed by atoms with Crippen molar-refractivity contribution < 1.29 is 14.1 Å². The van der Waals surface area contributed by atoms with Crippen LogP contribution in [0.4, 0.5) is 0 Å². The Morgan fingerprint density at radius 2 is 1.94 bits per heavy atom. The molecular weight excluding hydrogens is 216 g/mol. The lowest BCUT2D eigenvalue weighted by Crippen LogP contribution is -2.45. The maximum Gasteiger partial charge on any atom is 0.246 e. The predicted octanol–water partition coefficient (Wildman–Crippen LogP) is 0.900. The Kier molecular flexibility index (Phi) is 6.43. The summed E-state index contributed by atoms with van der Waals surface area (Å²) in [5, 5.41) is 2.77. The number of hydrogen-bond donors (Lipinski definition) is 1. The van der Waals surface area contributed by atoms with Crippen LogP contribution in [0.3, 0.4) is 0 Å². The van der Waals surface area contributed by atoms with E-state index in [2.05, 4.69) is 18.5 Å². The van der Waals surface area contributed by atoms with Gasteiger partial charge in [0, 0.05) is 18.5 Å². The molecule has 4 heteroatoms. The molecule has 0 radical (unpaired) electrons. The van der Waals surface area contributed by atoms with Gasteiger partial charge in [-0.2, -0.15) is 0 Å². The largest absolute Gasteiger partial charge is 0.352 e. The molecule has 1 amide bonds. The Bertz CT molecular complexity index is 319. The van der Waals surface area contributed by atoms with E-state index in [1.165, 1.54) is 6.08 Å². The van der Waals surface area contributed by atoms with Crippen LogP contribution in [0.25, 0.3) is 0 Å². The summed E-state index contributed by atoms with van der Waals surface area (Å²) in [6, 6.07) is 0. The summed E-state index contributed by atoms with van der Waals surface area (Å²) in [5.74, 6) is -0.0709. The van der Waals surface area contributed by atoms with E-state index in [0.717, 1.165) is 13.0 Å². The summed E-state index contributed by atoms with van der Waals surface area (Å²) < 4.78 is 0.605. The van der Waals surface area contributed by atoms with E-state index in [-0.39, 0.29) is 11.7 Å². The molecule has 0 unspecified atom stereocenters. The van der Waals surface area contributed by atoms with Gasteiger partial charge in [0.05, 0.1) is 20.6 Å². The number of nitrogens with one attached hydrogen (secondary N) is 1. The van der Waals surface area contributed by atoms with Crippen LogP contribution >= 0.6 is 0 Å². The molecular formula is C13H23N2O2+. The fourth-order valence-corrected chi connectivity index (χ4v) is 1.43. The molecule has 0 fully saturated rings. The van der Waals surface area contributed by atoms with Crippen LogP contribution in [0.1, 0.15) is 13.3 Å². The molecule has 0 aromatic rings. The van der Waals surface area contributed by atoms with Crippen molar-refractivity contribution in [3.05, 3.63) is 24.8 Å². The number of likely N-dealkylation sites (N-methyl/N-ethyl adjacent to an activating group) is 1. The smallest absolute Gasteiger partial charge is 0.246 e. The maximum absolute atomic E-state index is 11.2. The summed E-state index contributed by atoms with van der Waals surface area (Å²) in [7, 11) is 3.98. The van der Waals surface area contributed by atoms with Crippen molar-refractivity contribution in [3.63, 3.8) is 0 Å². The lowest BCUT2D eigenvalue weighted by atomic mass is 10.2. The number of nitrogens with zero attached hydrogens (tertiary/aromatic N) is 1. The first-order valence-corrected chi connectivity index (χ1v) is 5.69. The predicted molar refractivity (Wildman–Crippen MR) is 69.5 cm³/mol. The van der Waals surface area contributed by atoms with Crippen molar-refractivity contribution in [2.45, 2.75) is 13.3 Å². The molecule has 1 N–H and O–H groups in total. The molecule has 0 aliphatic carbocycles. The molecule has 96 valence electrons. The number of rotatable bonds is 8. The molecule has 0 heterocycles. The minimum absolute atomic E-state index is 0.0426. The highest BCUT2D eigenvalue weighted by molar-refractivity contribution is 5.92. The van der Waals surface area contributed by atoms with Gasteiger partial charge in [-0.25, -0.2) is 0 Å². The molecule has 0 saturated carbocycles. The molecule has 0 aromatic carbocycles. The molecule has 0 aromatic heterocycles. The first-order chi connectivity index (χ1) is 7.78. The van der Waals surface area contributed by atoms with Crippen molar-refractivity contribution in [3.8, 4) is 0 Å². The first kappa shape index (κ1) is 15.6. The van der Waals surface area contributed by atoms with Gasteiger partial charge in [-0.15, -0.1) is 0 Å². The molecule has 0 spiro atoms. The number of ketones is 1. The van der Waals surface area contributed by atoms with Crippen LogP contribution in [0.15, 0.2) is 24.8 Å². The molecule has 4 nitrogen and oxygen atoms in total. The second-order valence-electron chi connectivity index (χ2n) is 4.88. The van der Waals surface area contributed by atoms with Crippen molar-refractivity contribution in [2.75, 3.05) is 33.7 Å². The van der Waals surface area contributed by atoms with Crippen molar-refractivity contribution in [1.29, 1.82) is 0 Å². The van der Waals surface area contributed by atoms with Crippen molar-refractivity contribution >= 4 is 11.7 Å². The highest BCUT2D eigenvalue weighted by Crippen LogP contribution is 1.99. The van der Waals surface area contributed by atoms with Gasteiger partial charge >= 0.3 is 0 Å². The number of hydrogen-bond acceptors (Lipinski definition) is 2. The first-order valence-electron chi connectivity index (χ1n) is 5.69. The van der Waals surface area contributed by atoms with Gasteiger partial charge in [0.25, 0.3) is 0 Å². The number of carbonyl (C=O) groups is 2. The third-order valence-electron chi connectivity index (χ3n) is 2.42. The van der Waals surface area contributed by atoms with E-state index in [1.54, 1.807) is 6.92 Å². The summed E-state index contributed by atoms with van der Waals surface area (Å²) in [6.45, 7) is 10.6. The number of amides is 1. The summed E-state index contributed by atoms with van der Waals surface area (Å²) >= 11 is 0. The van der Waals surface area contributed by atoms with E-state index >= 15 is 0 Å². The van der Waals surface area contributed by atoms with E-state index in [4.69, 9.17) is 0 Å². The van der Waals surface area contributed by atoms with Crippen LogP contribution in [0.5, 0.6) is 0 Å². The minimum Gasteiger partial charge on any atom is -0.352 e. The molecule has 17 heavy (non-hydrogen) atoms. The summed E-state index contributed by atoms with van der Waals surface area (Å²) in [6.07, 6.45) is 2.18. The van der Waals surface area contributed by atoms with Gasteiger partial charge in [0.15, 0.2) is 0 Å². The molecule has 0 atom stereocenters. The van der Waals surface area contributed by atoms with Crippen LogP contribution in [-0.4, -0.2) is 49.9 Å². The average molecular weight is 239 g/mol. The van der Waals surface area contributed by atoms with Gasteiger partial charge < -0.3 is 9.80 Å². The number of carbonyl (C=O) groups excluding carboxylic acids is 2. The SMILES string of the molecule is C=CC(=O)C[N+](C)(C)CCCNC(=O)C(=C)C. The van der Waals surface area contributed by atoms with Crippen LogP contribution in [0.2, 0.25) is 0 Å². The lowest BCUT2D eigenvalue weighted by Gasteiger charge is -2.28. The Hall–Kier alpha value is -1.42. The molecule has 0 rings (SSSR count). The molecule has 0 bridgehead atoms. The van der Waals surface area contributed by atoms with Gasteiger partial charge in [0.1, 0.15) is 6.54 Å². The van der Waals surface area contributed by atoms with Gasteiger partial charge in [-0.05, 0) is 13.0 Å². The van der Waals surface area contributed by atoms with E-state index < -0.39 is 0 Å². The Labute approximate surface area is 104 Å². The molecule has 0 saturated heterocycles. The lowest BCUT2D eigenvalue weighted by molar-refractivity contribution is -0.882. The summed E-state index contributed by atoms with van der Waals surface area (Å²) in [4.78, 5) is 22.5. The topological polar surface area (TPSA) is 46.2 Å². The summed E-state index contributed by atoms with van der Waals surface area (Å²) in [5.41, 5.74) is 0.514. The van der Waals surface area contributed by atoms with Gasteiger partial charge in [-0.3, -0.25) is 9.59 Å². The average Bonchev–Trinajstić information content (AvgIpc) is 2.23. The normalized spacial score (nSPS) is 10.8. The van der Waals surface area contributed by atoms with E-state index in [0.29, 0.717) is 23.1 Å². The quantitative estimate of drug-likeness (QED) is 0.388. The zero-order valence-corrected chi connectivity index (χ0v) is 11.1. The third kappa shape index (κ3) is 7.47. The fourth-order valence-electron chi connectivity index (χ4n) is 1.43. The van der Waals surface area contributed by atoms with Crippen LogP contribution in [0, 0.1) is 0 Å².